The van der Waals surface area contributed by atoms with E-state index in [1.54, 1.807) is 0 Å². The molecule has 1 atom stereocenters. The van der Waals surface area contributed by atoms with Gasteiger partial charge in [-0.25, -0.2) is 0 Å². The Bertz CT molecular complexity index is 707. The Morgan fingerprint density at radius 2 is 1.86 bits per heavy atom. The minimum Gasteiger partial charge on any atom is -0.481 e. The molecular formula is C18H16N2O. The molecule has 0 aromatic heterocycles. The molecule has 21 heavy (non-hydrogen) atoms. The van der Waals surface area contributed by atoms with Crippen LogP contribution in [0.5, 0.6) is 5.75 Å². The molecule has 0 amide bonds. The van der Waals surface area contributed by atoms with Crippen molar-refractivity contribution in [2.75, 3.05) is 13.1 Å². The molecule has 2 aliphatic heterocycles. The number of benzene rings is 2. The van der Waals surface area contributed by atoms with E-state index in [0.717, 1.165) is 25.3 Å². The van der Waals surface area contributed by atoms with Crippen LogP contribution in [0, 0.1) is 11.3 Å². The summed E-state index contributed by atoms with van der Waals surface area (Å²) in [5, 5.41) is 9.04. The molecule has 0 radical (unpaired) electrons. The molecule has 0 bridgehead atoms. The highest BCUT2D eigenvalue weighted by atomic mass is 16.5. The van der Waals surface area contributed by atoms with Gasteiger partial charge < -0.3 is 4.74 Å². The largest absolute Gasteiger partial charge is 0.481 e. The zero-order chi connectivity index (χ0) is 14.3. The van der Waals surface area contributed by atoms with Crippen LogP contribution in [0.15, 0.2) is 48.5 Å². The van der Waals surface area contributed by atoms with Crippen molar-refractivity contribution in [1.82, 2.24) is 4.90 Å². The van der Waals surface area contributed by atoms with Gasteiger partial charge in [0.15, 0.2) is 5.60 Å². The summed E-state index contributed by atoms with van der Waals surface area (Å²) < 4.78 is 6.39. The number of hydrogen-bond donors (Lipinski definition) is 0. The fourth-order valence-corrected chi connectivity index (χ4v) is 3.60. The van der Waals surface area contributed by atoms with Gasteiger partial charge in [0.25, 0.3) is 0 Å². The summed E-state index contributed by atoms with van der Waals surface area (Å²) in [6.45, 7) is 2.03. The van der Waals surface area contributed by atoms with Crippen LogP contribution >= 0.6 is 0 Å². The molecule has 0 aliphatic carbocycles. The van der Waals surface area contributed by atoms with E-state index in [-0.39, 0.29) is 5.60 Å². The summed E-state index contributed by atoms with van der Waals surface area (Å²) in [7, 11) is 0. The van der Waals surface area contributed by atoms with Crippen molar-refractivity contribution >= 4 is 0 Å². The van der Waals surface area contributed by atoms with E-state index >= 15 is 0 Å². The number of hydrogen-bond acceptors (Lipinski definition) is 3. The highest BCUT2D eigenvalue weighted by Gasteiger charge is 2.45. The number of rotatable bonds is 1. The Hall–Kier alpha value is -2.31. The van der Waals surface area contributed by atoms with Crippen LogP contribution in [-0.2, 0) is 18.6 Å². The third kappa shape index (κ3) is 1.91. The van der Waals surface area contributed by atoms with Crippen LogP contribution in [0.3, 0.4) is 0 Å². The number of nitrogens with zero attached hydrogens (tertiary/aromatic N) is 2. The Labute approximate surface area is 124 Å². The number of fused-ring (bicyclic) bond motifs is 3. The summed E-state index contributed by atoms with van der Waals surface area (Å²) in [5.41, 5.74) is 3.46. The van der Waals surface area contributed by atoms with E-state index in [1.807, 2.05) is 12.1 Å². The second-order valence-electron chi connectivity index (χ2n) is 5.84. The maximum atomic E-state index is 9.04. The lowest BCUT2D eigenvalue weighted by atomic mass is 9.82. The fourth-order valence-electron chi connectivity index (χ4n) is 3.60. The minimum atomic E-state index is -0.338. The predicted molar refractivity (Wildman–Crippen MR) is 79.8 cm³/mol. The van der Waals surface area contributed by atoms with Crippen molar-refractivity contribution in [3.05, 3.63) is 65.2 Å². The van der Waals surface area contributed by atoms with E-state index in [2.05, 4.69) is 47.4 Å². The van der Waals surface area contributed by atoms with Crippen molar-refractivity contribution in [3.8, 4) is 11.8 Å². The summed E-state index contributed by atoms with van der Waals surface area (Å²) in [5.74, 6) is 0.978. The van der Waals surface area contributed by atoms with Gasteiger partial charge in [0.05, 0.1) is 12.6 Å². The lowest BCUT2D eigenvalue weighted by Crippen LogP contribution is -2.48. The smallest absolute Gasteiger partial charge is 0.151 e. The standard InChI is InChI=1S/C18H16N2O/c19-9-10-20-12-15-6-1-3-7-16(15)18(13-20)11-14-5-2-4-8-17(14)21-18/h1-8H,10-13H2. The lowest BCUT2D eigenvalue weighted by molar-refractivity contribution is 0.0310. The van der Waals surface area contributed by atoms with Crippen LogP contribution in [0.25, 0.3) is 0 Å². The average molecular weight is 276 g/mol. The molecule has 2 aliphatic rings. The quantitative estimate of drug-likeness (QED) is 0.751. The SMILES string of the molecule is N#CCN1Cc2ccccc2C2(Cc3ccccc3O2)C1. The summed E-state index contributed by atoms with van der Waals surface area (Å²) in [6.07, 6.45) is 0.877. The molecule has 0 fully saturated rings. The molecule has 1 spiro atoms. The van der Waals surface area contributed by atoms with Crippen LogP contribution in [0.1, 0.15) is 16.7 Å². The number of nitriles is 1. The molecule has 0 saturated heterocycles. The van der Waals surface area contributed by atoms with Crippen molar-refractivity contribution in [3.63, 3.8) is 0 Å². The predicted octanol–water partition coefficient (Wildman–Crippen LogP) is 2.86. The zero-order valence-electron chi connectivity index (χ0n) is 11.7. The molecule has 3 heteroatoms. The highest BCUT2D eigenvalue weighted by molar-refractivity contribution is 5.46. The molecule has 2 aromatic carbocycles. The molecule has 0 saturated carbocycles. The van der Waals surface area contributed by atoms with Gasteiger partial charge in [-0.15, -0.1) is 0 Å². The van der Waals surface area contributed by atoms with Gasteiger partial charge in [-0.2, -0.15) is 5.26 Å². The van der Waals surface area contributed by atoms with Crippen molar-refractivity contribution < 1.29 is 4.74 Å². The van der Waals surface area contributed by atoms with Gasteiger partial charge in [-0.1, -0.05) is 42.5 Å². The second kappa shape index (κ2) is 4.61. The number of ether oxygens (including phenoxy) is 1. The first-order chi connectivity index (χ1) is 10.3. The van der Waals surface area contributed by atoms with Crippen molar-refractivity contribution in [1.29, 1.82) is 5.26 Å². The van der Waals surface area contributed by atoms with Gasteiger partial charge in [-0.05, 0) is 17.2 Å². The first-order valence-corrected chi connectivity index (χ1v) is 7.25. The third-order valence-electron chi connectivity index (χ3n) is 4.43. The average Bonchev–Trinajstić information content (AvgIpc) is 2.86. The van der Waals surface area contributed by atoms with Gasteiger partial charge in [0, 0.05) is 25.1 Å². The van der Waals surface area contributed by atoms with Crippen LogP contribution in [0.2, 0.25) is 0 Å². The zero-order valence-corrected chi connectivity index (χ0v) is 11.7. The van der Waals surface area contributed by atoms with Gasteiger partial charge in [0.1, 0.15) is 5.75 Å². The van der Waals surface area contributed by atoms with Crippen LogP contribution < -0.4 is 4.74 Å². The lowest BCUT2D eigenvalue weighted by Gasteiger charge is -2.40. The molecule has 104 valence electrons. The third-order valence-corrected chi connectivity index (χ3v) is 4.43. The van der Waals surface area contributed by atoms with E-state index in [4.69, 9.17) is 10.00 Å². The highest BCUT2D eigenvalue weighted by Crippen LogP contribution is 2.45. The Balaban J connectivity index is 1.80. The molecule has 1 unspecified atom stereocenters. The maximum Gasteiger partial charge on any atom is 0.151 e. The van der Waals surface area contributed by atoms with Gasteiger partial charge >= 0.3 is 0 Å². The Kier molecular flexibility index (Phi) is 2.73. The fraction of sp³-hybridized carbons (Fsp3) is 0.278. The van der Waals surface area contributed by atoms with Crippen LogP contribution in [-0.4, -0.2) is 18.0 Å². The molecule has 4 rings (SSSR count). The minimum absolute atomic E-state index is 0.338. The second-order valence-corrected chi connectivity index (χ2v) is 5.84. The van der Waals surface area contributed by atoms with Gasteiger partial charge in [-0.3, -0.25) is 4.90 Å². The normalized spacial score (nSPS) is 23.2. The van der Waals surface area contributed by atoms with Gasteiger partial charge in [0.2, 0.25) is 0 Å². The summed E-state index contributed by atoms with van der Waals surface area (Å²) in [6, 6.07) is 19.0. The van der Waals surface area contributed by atoms with E-state index < -0.39 is 0 Å². The molecule has 3 nitrogen and oxygen atoms in total. The summed E-state index contributed by atoms with van der Waals surface area (Å²) >= 11 is 0. The first kappa shape index (κ1) is 12.4. The monoisotopic (exact) mass is 276 g/mol. The number of para-hydroxylation sites is 1. The van der Waals surface area contributed by atoms with E-state index in [9.17, 15) is 0 Å². The van der Waals surface area contributed by atoms with Crippen molar-refractivity contribution in [2.45, 2.75) is 18.6 Å². The Morgan fingerprint density at radius 3 is 2.67 bits per heavy atom. The van der Waals surface area contributed by atoms with E-state index in [1.165, 1.54) is 16.7 Å². The van der Waals surface area contributed by atoms with Crippen LogP contribution in [0.4, 0.5) is 0 Å². The summed E-state index contributed by atoms with van der Waals surface area (Å²) in [4.78, 5) is 2.17. The van der Waals surface area contributed by atoms with Crippen molar-refractivity contribution in [2.24, 2.45) is 0 Å². The van der Waals surface area contributed by atoms with E-state index in [0.29, 0.717) is 6.54 Å². The Morgan fingerprint density at radius 1 is 1.10 bits per heavy atom. The molecule has 0 N–H and O–H groups in total. The topological polar surface area (TPSA) is 36.3 Å². The molecule has 2 heterocycles. The molecule has 2 aromatic rings. The molecular weight excluding hydrogens is 260 g/mol. The first-order valence-electron chi connectivity index (χ1n) is 7.25. The maximum absolute atomic E-state index is 9.04.